The van der Waals surface area contributed by atoms with E-state index >= 15 is 19.2 Å². The van der Waals surface area contributed by atoms with E-state index in [2.05, 4.69) is 147 Å². The van der Waals surface area contributed by atoms with Crippen molar-refractivity contribution < 1.29 is 41.4 Å². The zero-order valence-corrected chi connectivity index (χ0v) is 89.7. The van der Waals surface area contributed by atoms with Gasteiger partial charge in [0, 0.05) is 82.1 Å². The van der Waals surface area contributed by atoms with Crippen molar-refractivity contribution in [1.29, 1.82) is 0 Å². The van der Waals surface area contributed by atoms with Crippen molar-refractivity contribution in [2.75, 3.05) is 33.3 Å². The van der Waals surface area contributed by atoms with Gasteiger partial charge in [0.1, 0.15) is 27.4 Å². The van der Waals surface area contributed by atoms with E-state index in [1.807, 2.05) is 66.5 Å². The van der Waals surface area contributed by atoms with Crippen LogP contribution >= 0.6 is 90.7 Å². The van der Waals surface area contributed by atoms with E-state index in [0.717, 1.165) is 189 Å². The van der Waals surface area contributed by atoms with Crippen LogP contribution in [-0.4, -0.2) is 153 Å². The molecule has 0 N–H and O–H groups in total. The van der Waals surface area contributed by atoms with Gasteiger partial charge in [-0.2, -0.15) is 0 Å². The van der Waals surface area contributed by atoms with Gasteiger partial charge in [-0.15, -0.1) is 90.7 Å². The van der Waals surface area contributed by atoms with Gasteiger partial charge in [0.05, 0.1) is 74.3 Å². The standard InChI is InChI=1S/C96H124N4O9S8Si7/c1-13-18-21-25-46-97-89(85-83(93(97)103)87(98(94(85)104)47-26-22-29-50-119-107-6)73-42-38-69(112-73)67-36-34-63(57-101)110-67)75-44-40-71(114-75)77-55-81-91(116-77)65-53-80-66(54-79(65)122(81)59-61(16-4)32-19-14-2)92-82(123(80)60-62(17-5)33-20-15-3)56-78(117-92)72-41-45-76(115-72)90-86-84(95(105)100(90)49-28-24-31-52-121(9)109-124(10,11)12)88(74-43-39-70(113-74)68-37-35-64(58-102)111-68)99(96(86)106)48-27-23-30-51-120(8)108-118-7/h34-45,53-58,61-62,120-123H,13-33,46-52,59-60,118-119H2,1-12H3. The first kappa shape index (κ1) is 93.1. The van der Waals surface area contributed by atoms with Crippen molar-refractivity contribution in [3.05, 3.63) is 149 Å². The normalized spacial score (nSPS) is 17.4. The van der Waals surface area contributed by atoms with Crippen molar-refractivity contribution in [2.45, 2.75) is 239 Å². The predicted octanol–water partition coefficient (Wildman–Crippen LogP) is 22.1. The first-order chi connectivity index (χ1) is 60.2. The smallest absolute Gasteiger partial charge is 0.261 e. The summed E-state index contributed by atoms with van der Waals surface area (Å²) < 4.78 is 18.4. The van der Waals surface area contributed by atoms with E-state index in [1.54, 1.807) is 73.2 Å². The van der Waals surface area contributed by atoms with Crippen LogP contribution in [0.4, 0.5) is 0 Å². The second-order valence-corrected chi connectivity index (χ2v) is 63.2. The minimum absolute atomic E-state index is 0.0805. The Balaban J connectivity index is 0.799. The largest absolute Gasteiger partial charge is 0.463 e. The van der Waals surface area contributed by atoms with E-state index < -0.39 is 63.5 Å². The van der Waals surface area contributed by atoms with Gasteiger partial charge in [0.25, 0.3) is 23.6 Å². The quantitative estimate of drug-likeness (QED) is 0.0207. The fraction of sp³-hybridized carbons (Fsp3) is 0.458. The predicted molar refractivity (Wildman–Crippen MR) is 551 cm³/mol. The average Bonchev–Trinajstić information content (AvgIpc) is 1.56. The molecule has 8 aromatic heterocycles. The zero-order chi connectivity index (χ0) is 87.0. The summed E-state index contributed by atoms with van der Waals surface area (Å²) in [7, 11) is -7.09. The Morgan fingerprint density at radius 3 is 1.10 bits per heavy atom. The molecule has 0 bridgehead atoms. The van der Waals surface area contributed by atoms with Gasteiger partial charge in [-0.3, -0.25) is 28.8 Å². The highest BCUT2D eigenvalue weighted by Crippen LogP contribution is 2.55. The molecule has 15 rings (SSSR count). The van der Waals surface area contributed by atoms with Crippen molar-refractivity contribution >= 4 is 234 Å². The number of benzene rings is 1. The fourth-order valence-corrected chi connectivity index (χ4v) is 48.3. The molecule has 9 aromatic rings. The van der Waals surface area contributed by atoms with Crippen molar-refractivity contribution in [3.63, 3.8) is 0 Å². The molecule has 0 radical (unpaired) electrons. The Kier molecular flexibility index (Phi) is 31.9. The molecular weight excluding hydrogens is 1810 g/mol. The molecule has 1 aromatic carbocycles. The maximum atomic E-state index is 15.9. The number of hydrogen-bond donors (Lipinski definition) is 0. The number of hydrogen-bond acceptors (Lipinski definition) is 17. The number of unbranched alkanes of at least 4 members (excludes halogenated alkanes) is 11. The number of aldehydes is 2. The molecule has 6 aliphatic rings. The van der Waals surface area contributed by atoms with Crippen LogP contribution in [0.3, 0.4) is 0 Å². The highest BCUT2D eigenvalue weighted by Gasteiger charge is 2.52. The van der Waals surface area contributed by atoms with E-state index in [1.165, 1.54) is 114 Å². The van der Waals surface area contributed by atoms with E-state index in [4.69, 9.17) is 12.7 Å². The topological polar surface area (TPSA) is 143 Å². The SMILES string of the molecule is CCCCCCN1C(=O)C2=C(c3ccc(-c4ccc(C=O)s4)s3)N(CCCCC[SiH2]OC)C(=O)C2=C1c1ccc(-c2cc3c(s2)-c2cc4c(cc2[SiH]3CC(CC)CCCC)-c2sc(-c3ccc(C5=C6C(=O)N(CCCCC[SiH](C)O[SiH2]C)C(c7ccc(-c8ccc(C=O)s8)s7)=C6C(=O)N5CCCCC[SiH](C)O[Si](C)(C)C)s3)cc2[SiH]4CC(CC)CCCC)s1. The number of nitrogens with zero attached hydrogens (tertiary/aromatic N) is 4. The molecule has 6 unspecified atom stereocenters. The third-order valence-electron chi connectivity index (χ3n) is 25.8. The van der Waals surface area contributed by atoms with Crippen LogP contribution in [-0.2, 0) is 31.8 Å². The average molecular weight is 1930 g/mol. The summed E-state index contributed by atoms with van der Waals surface area (Å²) in [5.41, 5.74) is 8.10. The Hall–Kier alpha value is -5.60. The summed E-state index contributed by atoms with van der Waals surface area (Å²) in [5.74, 6) is 0.919. The number of carbonyl (C=O) groups excluding carboxylic acids is 6. The van der Waals surface area contributed by atoms with E-state index in [-0.39, 0.29) is 23.6 Å². The number of rotatable bonds is 50. The van der Waals surface area contributed by atoms with Crippen LogP contribution in [0.5, 0.6) is 0 Å². The summed E-state index contributed by atoms with van der Waals surface area (Å²) in [5, 5.41) is 6.38. The number of fused-ring (bicyclic) bond motifs is 8. The minimum Gasteiger partial charge on any atom is -0.463 e. The monoisotopic (exact) mass is 1930 g/mol. The van der Waals surface area contributed by atoms with Crippen LogP contribution in [0.25, 0.3) is 82.7 Å². The summed E-state index contributed by atoms with van der Waals surface area (Å²) in [6.45, 7) is 27.6. The third-order valence-corrected chi connectivity index (χ3v) is 54.6. The van der Waals surface area contributed by atoms with Crippen LogP contribution in [0.15, 0.2) is 119 Å². The summed E-state index contributed by atoms with van der Waals surface area (Å²) in [6, 6.07) is 41.6. The third kappa shape index (κ3) is 20.0. The minimum atomic E-state index is -1.84. The molecule has 4 amide bonds. The Bertz CT molecular complexity index is 5490. The molecule has 6 aliphatic heterocycles. The van der Waals surface area contributed by atoms with Crippen LogP contribution in [0.2, 0.25) is 69.5 Å². The Morgan fingerprint density at radius 1 is 0.411 bits per heavy atom. The van der Waals surface area contributed by atoms with Gasteiger partial charge in [0.15, 0.2) is 48.7 Å². The molecule has 124 heavy (non-hydrogen) atoms. The highest BCUT2D eigenvalue weighted by atomic mass is 32.1. The van der Waals surface area contributed by atoms with Crippen LogP contribution in [0.1, 0.15) is 208 Å². The molecular formula is C96H124N4O9S8Si7. The van der Waals surface area contributed by atoms with E-state index in [9.17, 15) is 9.59 Å². The molecule has 0 spiro atoms. The summed E-state index contributed by atoms with van der Waals surface area (Å²) in [6.07, 6.45) is 24.0. The molecule has 14 heterocycles. The van der Waals surface area contributed by atoms with Gasteiger partial charge in [-0.05, 0) is 217 Å². The molecule has 6 atom stereocenters. The molecule has 13 nitrogen and oxygen atoms in total. The number of thiophene rings is 8. The van der Waals surface area contributed by atoms with Crippen molar-refractivity contribution in [2.24, 2.45) is 11.8 Å². The van der Waals surface area contributed by atoms with Gasteiger partial charge < -0.3 is 32.3 Å². The van der Waals surface area contributed by atoms with Crippen LogP contribution < -0.4 is 20.7 Å². The number of amides is 4. The number of carbonyl (C=O) groups is 6. The molecule has 658 valence electrons. The van der Waals surface area contributed by atoms with E-state index in [0.29, 0.717) is 70.1 Å². The second-order valence-electron chi connectivity index (χ2n) is 35.7. The maximum absolute atomic E-state index is 15.9. The molecule has 0 aliphatic carbocycles. The fourth-order valence-electron chi connectivity index (χ4n) is 19.6. The van der Waals surface area contributed by atoms with Gasteiger partial charge in [-0.25, -0.2) is 0 Å². The second kappa shape index (κ2) is 42.5. The Labute approximate surface area is 780 Å². The van der Waals surface area contributed by atoms with Crippen molar-refractivity contribution in [1.82, 2.24) is 19.6 Å². The lowest BCUT2D eigenvalue weighted by Crippen LogP contribution is -2.41. The van der Waals surface area contributed by atoms with Gasteiger partial charge in [-0.1, -0.05) is 162 Å². The lowest BCUT2D eigenvalue weighted by atomic mass is 10.0. The Morgan fingerprint density at radius 2 is 0.758 bits per heavy atom. The first-order valence-electron chi connectivity index (χ1n) is 46.3. The van der Waals surface area contributed by atoms with Gasteiger partial charge in [0.2, 0.25) is 0 Å². The summed E-state index contributed by atoms with van der Waals surface area (Å²) in [4.78, 5) is 112. The van der Waals surface area contributed by atoms with Gasteiger partial charge >= 0.3 is 0 Å². The van der Waals surface area contributed by atoms with Crippen molar-refractivity contribution in [3.8, 4) is 59.9 Å². The maximum Gasteiger partial charge on any atom is 0.261 e. The zero-order valence-electron chi connectivity index (χ0n) is 74.7. The molecule has 0 saturated carbocycles. The molecule has 0 saturated heterocycles. The molecule has 0 fully saturated rings. The highest BCUT2D eigenvalue weighted by molar-refractivity contribution is 7.28. The first-order valence-corrected chi connectivity index (χ1v) is 68.6. The lowest BCUT2D eigenvalue weighted by Gasteiger charge is -2.25. The van der Waals surface area contributed by atoms with Crippen LogP contribution in [0, 0.1) is 11.8 Å². The molecule has 28 heteroatoms. The lowest BCUT2D eigenvalue weighted by molar-refractivity contribution is -0.124. The summed E-state index contributed by atoms with van der Waals surface area (Å²) >= 11 is 13.6.